The first-order valence-electron chi connectivity index (χ1n) is 6.45. The fourth-order valence-corrected chi connectivity index (χ4v) is 2.65. The normalized spacial score (nSPS) is 18.4. The van der Waals surface area contributed by atoms with Crippen molar-refractivity contribution in [3.63, 3.8) is 0 Å². The number of carbonyl (C=O) groups is 1. The molecule has 1 aromatic heterocycles. The number of aromatic nitrogens is 1. The smallest absolute Gasteiger partial charge is 0.231 e. The van der Waals surface area contributed by atoms with Gasteiger partial charge in [-0.25, -0.2) is 4.98 Å². The van der Waals surface area contributed by atoms with Crippen LogP contribution in [-0.2, 0) is 4.79 Å². The van der Waals surface area contributed by atoms with Crippen molar-refractivity contribution >= 4 is 27.7 Å². The number of hydrogen-bond acceptors (Lipinski definition) is 2. The molecule has 1 aromatic rings. The van der Waals surface area contributed by atoms with E-state index in [0.29, 0.717) is 5.82 Å². The van der Waals surface area contributed by atoms with Gasteiger partial charge in [-0.3, -0.25) is 4.79 Å². The number of nitrogens with zero attached hydrogens (tertiary/aromatic N) is 1. The van der Waals surface area contributed by atoms with Gasteiger partial charge < -0.3 is 5.32 Å². The molecule has 1 amide bonds. The van der Waals surface area contributed by atoms with Gasteiger partial charge in [-0.2, -0.15) is 0 Å². The maximum atomic E-state index is 12.3. The second-order valence-electron chi connectivity index (χ2n) is 5.39. The largest absolute Gasteiger partial charge is 0.310 e. The van der Waals surface area contributed by atoms with Crippen molar-refractivity contribution in [3.8, 4) is 0 Å². The summed E-state index contributed by atoms with van der Waals surface area (Å²) in [6, 6.07) is 1.90. The third-order valence-electron chi connectivity index (χ3n) is 3.79. The molecule has 0 spiro atoms. The Morgan fingerprint density at radius 2 is 2.06 bits per heavy atom. The summed E-state index contributed by atoms with van der Waals surface area (Å²) in [7, 11) is 0. The van der Waals surface area contributed by atoms with E-state index in [2.05, 4.69) is 33.2 Å². The maximum Gasteiger partial charge on any atom is 0.231 e. The van der Waals surface area contributed by atoms with E-state index in [4.69, 9.17) is 0 Å². The predicted octanol–water partition coefficient (Wildman–Crippen LogP) is 4.06. The first-order chi connectivity index (χ1) is 8.51. The van der Waals surface area contributed by atoms with Crippen LogP contribution in [0, 0.1) is 12.3 Å². The zero-order valence-electron chi connectivity index (χ0n) is 10.9. The molecule has 1 fully saturated rings. The first-order valence-corrected chi connectivity index (χ1v) is 7.24. The second-order valence-corrected chi connectivity index (χ2v) is 6.25. The van der Waals surface area contributed by atoms with E-state index in [1.54, 1.807) is 6.20 Å². The van der Waals surface area contributed by atoms with Gasteiger partial charge in [-0.15, -0.1) is 0 Å². The van der Waals surface area contributed by atoms with Crippen LogP contribution in [0.3, 0.4) is 0 Å². The molecule has 18 heavy (non-hydrogen) atoms. The van der Waals surface area contributed by atoms with Crippen LogP contribution in [0.2, 0.25) is 0 Å². The lowest BCUT2D eigenvalue weighted by atomic mass is 9.75. The number of pyridine rings is 1. The van der Waals surface area contributed by atoms with Crippen molar-refractivity contribution < 1.29 is 4.79 Å². The number of amides is 1. The molecule has 3 nitrogen and oxygen atoms in total. The number of nitrogens with one attached hydrogen (secondary N) is 1. The lowest BCUT2D eigenvalue weighted by Crippen LogP contribution is -2.35. The molecule has 4 heteroatoms. The molecule has 0 unspecified atom stereocenters. The molecular weight excluding hydrogens is 292 g/mol. The molecule has 1 N–H and O–H groups in total. The topological polar surface area (TPSA) is 42.0 Å². The molecular formula is C14H19BrN2O. The molecule has 0 aromatic carbocycles. The number of hydrogen-bond donors (Lipinski definition) is 1. The fourth-order valence-electron chi connectivity index (χ4n) is 2.43. The van der Waals surface area contributed by atoms with Crippen molar-refractivity contribution in [2.75, 3.05) is 5.32 Å². The summed E-state index contributed by atoms with van der Waals surface area (Å²) in [4.78, 5) is 16.5. The second kappa shape index (κ2) is 5.39. The summed E-state index contributed by atoms with van der Waals surface area (Å²) in [6.45, 7) is 4.05. The van der Waals surface area contributed by atoms with E-state index in [1.807, 2.05) is 13.0 Å². The zero-order chi connectivity index (χ0) is 13.2. The van der Waals surface area contributed by atoms with Gasteiger partial charge in [0.25, 0.3) is 0 Å². The van der Waals surface area contributed by atoms with Gasteiger partial charge in [0.15, 0.2) is 0 Å². The lowest BCUT2D eigenvalue weighted by molar-refractivity contribution is -0.126. The molecule has 1 heterocycles. The highest BCUT2D eigenvalue weighted by Gasteiger charge is 2.34. The van der Waals surface area contributed by atoms with Gasteiger partial charge in [0.05, 0.1) is 0 Å². The molecule has 0 radical (unpaired) electrons. The van der Waals surface area contributed by atoms with Gasteiger partial charge in [0.2, 0.25) is 5.91 Å². The number of carbonyl (C=O) groups excluding carboxylic acids is 1. The Labute approximate surface area is 117 Å². The molecule has 0 aliphatic heterocycles. The fraction of sp³-hybridized carbons (Fsp3) is 0.571. The quantitative estimate of drug-likeness (QED) is 0.895. The van der Waals surface area contributed by atoms with Crippen molar-refractivity contribution in [3.05, 3.63) is 22.3 Å². The summed E-state index contributed by atoms with van der Waals surface area (Å²) >= 11 is 3.41. The number of anilines is 1. The SMILES string of the molecule is Cc1cc(NC(=O)C2(C)CCCCC2)ncc1Br. The highest BCUT2D eigenvalue weighted by Crippen LogP contribution is 2.36. The maximum absolute atomic E-state index is 12.3. The van der Waals surface area contributed by atoms with E-state index in [9.17, 15) is 4.79 Å². The summed E-state index contributed by atoms with van der Waals surface area (Å²) in [5.74, 6) is 0.754. The van der Waals surface area contributed by atoms with Crippen LogP contribution < -0.4 is 5.32 Å². The summed E-state index contributed by atoms with van der Waals surface area (Å²) < 4.78 is 0.962. The predicted molar refractivity (Wildman–Crippen MR) is 76.5 cm³/mol. The van der Waals surface area contributed by atoms with Gasteiger partial charge in [0.1, 0.15) is 5.82 Å². The Kier molecular flexibility index (Phi) is 4.05. The first kappa shape index (κ1) is 13.5. The van der Waals surface area contributed by atoms with Gasteiger partial charge in [-0.1, -0.05) is 26.2 Å². The van der Waals surface area contributed by atoms with Crippen LogP contribution in [0.1, 0.15) is 44.6 Å². The summed E-state index contributed by atoms with van der Waals surface area (Å²) in [5.41, 5.74) is 0.857. The van der Waals surface area contributed by atoms with E-state index >= 15 is 0 Å². The van der Waals surface area contributed by atoms with Crippen molar-refractivity contribution in [1.29, 1.82) is 0 Å². The number of halogens is 1. The average molecular weight is 311 g/mol. The van der Waals surface area contributed by atoms with Crippen LogP contribution in [0.5, 0.6) is 0 Å². The van der Waals surface area contributed by atoms with Gasteiger partial charge in [-0.05, 0) is 47.3 Å². The van der Waals surface area contributed by atoms with E-state index < -0.39 is 0 Å². The standard InChI is InChI=1S/C14H19BrN2O/c1-10-8-12(16-9-11(10)15)17-13(18)14(2)6-4-3-5-7-14/h8-9H,3-7H2,1-2H3,(H,16,17,18). The number of rotatable bonds is 2. The molecule has 0 atom stereocenters. The third-order valence-corrected chi connectivity index (χ3v) is 4.62. The van der Waals surface area contributed by atoms with E-state index in [-0.39, 0.29) is 11.3 Å². The Hall–Kier alpha value is -0.900. The lowest BCUT2D eigenvalue weighted by Gasteiger charge is -2.31. The Morgan fingerprint density at radius 1 is 1.39 bits per heavy atom. The monoisotopic (exact) mass is 310 g/mol. The zero-order valence-corrected chi connectivity index (χ0v) is 12.5. The average Bonchev–Trinajstić information content (AvgIpc) is 2.35. The van der Waals surface area contributed by atoms with Crippen molar-refractivity contribution in [2.45, 2.75) is 46.0 Å². The van der Waals surface area contributed by atoms with Crippen molar-refractivity contribution in [1.82, 2.24) is 4.98 Å². The Balaban J connectivity index is 2.08. The van der Waals surface area contributed by atoms with Crippen molar-refractivity contribution in [2.24, 2.45) is 5.41 Å². The van der Waals surface area contributed by atoms with Crippen LogP contribution in [0.25, 0.3) is 0 Å². The Bertz CT molecular complexity index is 453. The molecule has 1 saturated carbocycles. The Morgan fingerprint density at radius 3 is 2.67 bits per heavy atom. The van der Waals surface area contributed by atoms with Crippen LogP contribution in [-0.4, -0.2) is 10.9 Å². The highest BCUT2D eigenvalue weighted by atomic mass is 79.9. The van der Waals surface area contributed by atoms with Gasteiger partial charge in [0, 0.05) is 16.1 Å². The summed E-state index contributed by atoms with van der Waals surface area (Å²) in [6.07, 6.45) is 7.24. The van der Waals surface area contributed by atoms with Crippen LogP contribution in [0.15, 0.2) is 16.7 Å². The number of aryl methyl sites for hydroxylation is 1. The van der Waals surface area contributed by atoms with E-state index in [0.717, 1.165) is 35.7 Å². The third kappa shape index (κ3) is 2.91. The molecule has 1 aliphatic carbocycles. The molecule has 2 rings (SSSR count). The highest BCUT2D eigenvalue weighted by molar-refractivity contribution is 9.10. The van der Waals surface area contributed by atoms with Crippen LogP contribution in [0.4, 0.5) is 5.82 Å². The van der Waals surface area contributed by atoms with Gasteiger partial charge >= 0.3 is 0 Å². The molecule has 0 saturated heterocycles. The minimum absolute atomic E-state index is 0.108. The minimum Gasteiger partial charge on any atom is -0.310 e. The molecule has 0 bridgehead atoms. The van der Waals surface area contributed by atoms with E-state index in [1.165, 1.54) is 6.42 Å². The van der Waals surface area contributed by atoms with Crippen LogP contribution >= 0.6 is 15.9 Å². The minimum atomic E-state index is -0.221. The summed E-state index contributed by atoms with van der Waals surface area (Å²) in [5, 5.41) is 2.95. The molecule has 1 aliphatic rings. The molecule has 98 valence electrons.